The summed E-state index contributed by atoms with van der Waals surface area (Å²) in [5.74, 6) is -0.461. The molecule has 1 aliphatic rings. The molecular weight excluding hydrogens is 208 g/mol. The summed E-state index contributed by atoms with van der Waals surface area (Å²) in [5.41, 5.74) is -0.763. The first-order valence-electron chi connectivity index (χ1n) is 5.65. The molecule has 5 nitrogen and oxygen atoms in total. The van der Waals surface area contributed by atoms with Crippen LogP contribution in [-0.2, 0) is 9.59 Å². The monoisotopic (exact) mass is 228 g/mol. The van der Waals surface area contributed by atoms with Gasteiger partial charge in [-0.15, -0.1) is 0 Å². The van der Waals surface area contributed by atoms with Crippen LogP contribution < -0.4 is 10.6 Å². The highest BCUT2D eigenvalue weighted by atomic mass is 16.4. The van der Waals surface area contributed by atoms with Crippen molar-refractivity contribution >= 4 is 11.9 Å². The van der Waals surface area contributed by atoms with Gasteiger partial charge in [0.25, 0.3) is 0 Å². The quantitative estimate of drug-likeness (QED) is 0.544. The highest BCUT2D eigenvalue weighted by Gasteiger charge is 2.29. The summed E-state index contributed by atoms with van der Waals surface area (Å²) in [4.78, 5) is 22.0. The lowest BCUT2D eigenvalue weighted by Gasteiger charge is -2.19. The summed E-state index contributed by atoms with van der Waals surface area (Å²) in [6, 6.07) is 0. The lowest BCUT2D eigenvalue weighted by Crippen LogP contribution is -2.39. The van der Waals surface area contributed by atoms with Gasteiger partial charge in [-0.05, 0) is 26.7 Å². The van der Waals surface area contributed by atoms with Crippen molar-refractivity contribution < 1.29 is 14.7 Å². The Labute approximate surface area is 95.6 Å². The van der Waals surface area contributed by atoms with Gasteiger partial charge in [0.2, 0.25) is 5.91 Å². The maximum Gasteiger partial charge on any atom is 0.310 e. The minimum absolute atomic E-state index is 0.124. The first-order valence-corrected chi connectivity index (χ1v) is 5.65. The molecule has 0 aliphatic heterocycles. The molecule has 0 aromatic heterocycles. The van der Waals surface area contributed by atoms with Crippen molar-refractivity contribution in [2.75, 3.05) is 19.6 Å². The van der Waals surface area contributed by atoms with Crippen molar-refractivity contribution in [3.05, 3.63) is 0 Å². The SMILES string of the molecule is CC(C)(CNCCNC(=O)C1CC1)C(=O)O. The van der Waals surface area contributed by atoms with Crippen LogP contribution in [0.4, 0.5) is 0 Å². The molecule has 0 spiro atoms. The number of aliphatic carboxylic acids is 1. The Morgan fingerprint density at radius 1 is 1.31 bits per heavy atom. The molecule has 92 valence electrons. The van der Waals surface area contributed by atoms with Crippen molar-refractivity contribution in [3.63, 3.8) is 0 Å². The van der Waals surface area contributed by atoms with Crippen LogP contribution in [0.3, 0.4) is 0 Å². The normalized spacial score (nSPS) is 15.9. The molecule has 0 aromatic rings. The minimum atomic E-state index is -0.818. The van der Waals surface area contributed by atoms with Gasteiger partial charge < -0.3 is 15.7 Å². The summed E-state index contributed by atoms with van der Waals surface area (Å²) < 4.78 is 0. The number of hydrogen-bond acceptors (Lipinski definition) is 3. The molecule has 1 rings (SSSR count). The fraction of sp³-hybridized carbons (Fsp3) is 0.818. The molecule has 0 aromatic carbocycles. The van der Waals surface area contributed by atoms with E-state index in [1.165, 1.54) is 0 Å². The molecular formula is C11H20N2O3. The van der Waals surface area contributed by atoms with E-state index in [0.29, 0.717) is 19.6 Å². The highest BCUT2D eigenvalue weighted by Crippen LogP contribution is 2.28. The Hall–Kier alpha value is -1.10. The summed E-state index contributed by atoms with van der Waals surface area (Å²) in [7, 11) is 0. The van der Waals surface area contributed by atoms with Crippen molar-refractivity contribution in [1.82, 2.24) is 10.6 Å². The first-order chi connectivity index (χ1) is 7.43. The number of carboxylic acid groups (broad SMARTS) is 1. The van der Waals surface area contributed by atoms with Gasteiger partial charge in [-0.1, -0.05) is 0 Å². The van der Waals surface area contributed by atoms with Crippen molar-refractivity contribution in [3.8, 4) is 0 Å². The molecule has 5 heteroatoms. The molecule has 16 heavy (non-hydrogen) atoms. The number of amides is 1. The molecule has 1 fully saturated rings. The van der Waals surface area contributed by atoms with Gasteiger partial charge in [-0.2, -0.15) is 0 Å². The number of hydrogen-bond donors (Lipinski definition) is 3. The van der Waals surface area contributed by atoms with Crippen LogP contribution in [0.5, 0.6) is 0 Å². The van der Waals surface area contributed by atoms with Crippen LogP contribution in [0.25, 0.3) is 0 Å². The van der Waals surface area contributed by atoms with Gasteiger partial charge in [-0.3, -0.25) is 9.59 Å². The predicted octanol–water partition coefficient (Wildman–Crippen LogP) is 0.213. The van der Waals surface area contributed by atoms with Crippen molar-refractivity contribution in [1.29, 1.82) is 0 Å². The molecule has 1 saturated carbocycles. The van der Waals surface area contributed by atoms with E-state index in [2.05, 4.69) is 10.6 Å². The van der Waals surface area contributed by atoms with Crippen LogP contribution in [0.1, 0.15) is 26.7 Å². The van der Waals surface area contributed by atoms with Gasteiger partial charge in [0.05, 0.1) is 5.41 Å². The van der Waals surface area contributed by atoms with E-state index in [4.69, 9.17) is 5.11 Å². The van der Waals surface area contributed by atoms with Crippen LogP contribution in [0, 0.1) is 11.3 Å². The maximum absolute atomic E-state index is 11.2. The highest BCUT2D eigenvalue weighted by molar-refractivity contribution is 5.80. The topological polar surface area (TPSA) is 78.4 Å². The van der Waals surface area contributed by atoms with Gasteiger partial charge in [-0.25, -0.2) is 0 Å². The molecule has 0 radical (unpaired) electrons. The standard InChI is InChI=1S/C11H20N2O3/c1-11(2,10(15)16)7-12-5-6-13-9(14)8-3-4-8/h8,12H,3-7H2,1-2H3,(H,13,14)(H,15,16). The predicted molar refractivity (Wildman–Crippen MR) is 60.0 cm³/mol. The van der Waals surface area contributed by atoms with E-state index in [9.17, 15) is 9.59 Å². The first kappa shape index (κ1) is 13.0. The zero-order valence-corrected chi connectivity index (χ0v) is 9.88. The fourth-order valence-corrected chi connectivity index (χ4v) is 1.24. The van der Waals surface area contributed by atoms with Crippen LogP contribution >= 0.6 is 0 Å². The molecule has 0 bridgehead atoms. The van der Waals surface area contributed by atoms with E-state index < -0.39 is 11.4 Å². The Kier molecular flexibility index (Phi) is 4.29. The van der Waals surface area contributed by atoms with Gasteiger partial charge in [0.1, 0.15) is 0 Å². The van der Waals surface area contributed by atoms with Gasteiger partial charge in [0, 0.05) is 25.6 Å². The smallest absolute Gasteiger partial charge is 0.310 e. The Balaban J connectivity index is 2.03. The number of rotatable bonds is 7. The minimum Gasteiger partial charge on any atom is -0.481 e. The summed E-state index contributed by atoms with van der Waals surface area (Å²) in [6.07, 6.45) is 2.01. The number of carboxylic acids is 1. The Morgan fingerprint density at radius 2 is 1.94 bits per heavy atom. The summed E-state index contributed by atoms with van der Waals surface area (Å²) in [6.45, 7) is 4.91. The fourth-order valence-electron chi connectivity index (χ4n) is 1.24. The third-order valence-electron chi connectivity index (χ3n) is 2.70. The average molecular weight is 228 g/mol. The second-order valence-corrected chi connectivity index (χ2v) is 4.93. The molecule has 0 saturated heterocycles. The van der Waals surface area contributed by atoms with Crippen LogP contribution in [-0.4, -0.2) is 36.6 Å². The number of nitrogens with one attached hydrogen (secondary N) is 2. The van der Waals surface area contributed by atoms with E-state index in [1.54, 1.807) is 13.8 Å². The second kappa shape index (κ2) is 5.30. The van der Waals surface area contributed by atoms with Crippen LogP contribution in [0.2, 0.25) is 0 Å². The third kappa shape index (κ3) is 4.18. The maximum atomic E-state index is 11.2. The molecule has 3 N–H and O–H groups in total. The van der Waals surface area contributed by atoms with Crippen LogP contribution in [0.15, 0.2) is 0 Å². The number of carbonyl (C=O) groups is 2. The van der Waals surface area contributed by atoms with Gasteiger partial charge in [0.15, 0.2) is 0 Å². The Bertz CT molecular complexity index is 272. The lowest BCUT2D eigenvalue weighted by atomic mass is 9.94. The van der Waals surface area contributed by atoms with Crippen molar-refractivity contribution in [2.24, 2.45) is 11.3 Å². The molecule has 0 heterocycles. The summed E-state index contributed by atoms with van der Waals surface area (Å²) >= 11 is 0. The van der Waals surface area contributed by atoms with Gasteiger partial charge >= 0.3 is 5.97 Å². The molecule has 1 amide bonds. The van der Waals surface area contributed by atoms with E-state index in [0.717, 1.165) is 12.8 Å². The zero-order valence-electron chi connectivity index (χ0n) is 9.88. The second-order valence-electron chi connectivity index (χ2n) is 4.93. The Morgan fingerprint density at radius 3 is 2.44 bits per heavy atom. The van der Waals surface area contributed by atoms with E-state index in [-0.39, 0.29) is 11.8 Å². The molecule has 1 aliphatic carbocycles. The molecule has 0 atom stereocenters. The van der Waals surface area contributed by atoms with Crippen molar-refractivity contribution in [2.45, 2.75) is 26.7 Å². The largest absolute Gasteiger partial charge is 0.481 e. The zero-order chi connectivity index (χ0) is 12.2. The average Bonchev–Trinajstić information content (AvgIpc) is 2.99. The third-order valence-corrected chi connectivity index (χ3v) is 2.70. The molecule has 0 unspecified atom stereocenters. The number of carbonyl (C=O) groups excluding carboxylic acids is 1. The summed E-state index contributed by atoms with van der Waals surface area (Å²) in [5, 5.41) is 14.7. The van der Waals surface area contributed by atoms with E-state index >= 15 is 0 Å². The lowest BCUT2D eigenvalue weighted by molar-refractivity contribution is -0.146. The van der Waals surface area contributed by atoms with E-state index in [1.807, 2.05) is 0 Å².